The number of piperidine rings is 1. The van der Waals surface area contributed by atoms with Crippen molar-refractivity contribution in [3.63, 3.8) is 0 Å². The van der Waals surface area contributed by atoms with Crippen molar-refractivity contribution >= 4 is 0 Å². The van der Waals surface area contributed by atoms with Gasteiger partial charge in [0.05, 0.1) is 0 Å². The van der Waals surface area contributed by atoms with E-state index < -0.39 is 0 Å². The highest BCUT2D eigenvalue weighted by Crippen LogP contribution is 2.42. The monoisotopic (exact) mass is 270 g/mol. The smallest absolute Gasteiger partial charge is 0.0366 e. The Hall–Kier alpha value is -0.860. The number of rotatable bonds is 1. The van der Waals surface area contributed by atoms with Crippen LogP contribution in [-0.2, 0) is 6.54 Å². The van der Waals surface area contributed by atoms with Crippen LogP contribution >= 0.6 is 0 Å². The van der Waals surface area contributed by atoms with Gasteiger partial charge in [-0.1, -0.05) is 30.7 Å². The zero-order valence-electron chi connectivity index (χ0n) is 12.4. The van der Waals surface area contributed by atoms with Gasteiger partial charge in [-0.25, -0.2) is 0 Å². The summed E-state index contributed by atoms with van der Waals surface area (Å²) in [4.78, 5) is 2.88. The van der Waals surface area contributed by atoms with Crippen LogP contribution in [0.1, 0.15) is 55.7 Å². The Labute approximate surface area is 122 Å². The number of benzene rings is 1. The number of likely N-dealkylation sites (tertiary alicyclic amines) is 1. The zero-order chi connectivity index (χ0) is 13.4. The molecule has 2 heterocycles. The summed E-state index contributed by atoms with van der Waals surface area (Å²) in [5.41, 5.74) is 3.13. The van der Waals surface area contributed by atoms with Crippen LogP contribution in [0.5, 0.6) is 0 Å². The third kappa shape index (κ3) is 2.19. The largest absolute Gasteiger partial charge is 0.313 e. The van der Waals surface area contributed by atoms with E-state index in [2.05, 4.69) is 34.5 Å². The summed E-state index contributed by atoms with van der Waals surface area (Å²) in [5.74, 6) is 0.993. The minimum Gasteiger partial charge on any atom is -0.313 e. The minimum atomic E-state index is 0.659. The summed E-state index contributed by atoms with van der Waals surface area (Å²) < 4.78 is 0. The molecule has 3 unspecified atom stereocenters. The van der Waals surface area contributed by atoms with Gasteiger partial charge in [-0.05, 0) is 62.2 Å². The summed E-state index contributed by atoms with van der Waals surface area (Å²) in [5, 5.41) is 3.61. The lowest BCUT2D eigenvalue weighted by molar-refractivity contribution is 0.0636. The Kier molecular flexibility index (Phi) is 3.53. The van der Waals surface area contributed by atoms with E-state index in [0.717, 1.165) is 25.0 Å². The summed E-state index contributed by atoms with van der Waals surface area (Å²) in [6, 6.07) is 10.7. The van der Waals surface area contributed by atoms with E-state index in [4.69, 9.17) is 0 Å². The number of fused-ring (bicyclic) bond motifs is 2. The van der Waals surface area contributed by atoms with E-state index in [-0.39, 0.29) is 0 Å². The van der Waals surface area contributed by atoms with Gasteiger partial charge in [0.15, 0.2) is 0 Å². The Bertz CT molecular complexity index is 470. The van der Waals surface area contributed by atoms with Gasteiger partial charge in [0, 0.05) is 18.6 Å². The summed E-state index contributed by atoms with van der Waals surface area (Å²) >= 11 is 0. The molecule has 0 radical (unpaired) electrons. The summed E-state index contributed by atoms with van der Waals surface area (Å²) in [7, 11) is 0. The average Bonchev–Trinajstić information content (AvgIpc) is 2.87. The van der Waals surface area contributed by atoms with Crippen LogP contribution in [0.2, 0.25) is 0 Å². The first kappa shape index (κ1) is 12.8. The zero-order valence-corrected chi connectivity index (χ0v) is 12.4. The molecule has 1 aromatic rings. The lowest BCUT2D eigenvalue weighted by Crippen LogP contribution is -2.45. The van der Waals surface area contributed by atoms with Gasteiger partial charge in [-0.3, -0.25) is 4.90 Å². The van der Waals surface area contributed by atoms with Crippen LogP contribution < -0.4 is 5.32 Å². The van der Waals surface area contributed by atoms with E-state index in [1.54, 1.807) is 5.56 Å². The van der Waals surface area contributed by atoms with Crippen molar-refractivity contribution < 1.29 is 0 Å². The fraction of sp³-hybridized carbons (Fsp3) is 0.667. The molecule has 2 heteroatoms. The Morgan fingerprint density at radius 1 is 1.00 bits per heavy atom. The summed E-state index contributed by atoms with van der Waals surface area (Å²) in [6.45, 7) is 3.53. The standard InChI is InChI=1S/C18H26N2/c1-2-8-16-15(5-1)13-19-11-10-18(16)20-12-4-7-14-6-3-9-17(14)20/h1-2,5,8,14,17-19H,3-4,6-7,9-13H2. The summed E-state index contributed by atoms with van der Waals surface area (Å²) in [6.07, 6.45) is 8.55. The highest BCUT2D eigenvalue weighted by molar-refractivity contribution is 5.31. The first-order chi connectivity index (χ1) is 9.93. The van der Waals surface area contributed by atoms with Crippen molar-refractivity contribution in [2.24, 2.45) is 5.92 Å². The highest BCUT2D eigenvalue weighted by atomic mass is 15.2. The fourth-order valence-corrected chi connectivity index (χ4v) is 4.86. The molecule has 2 fully saturated rings. The number of hydrogen-bond acceptors (Lipinski definition) is 2. The van der Waals surface area contributed by atoms with Crippen molar-refractivity contribution in [1.29, 1.82) is 0 Å². The Balaban J connectivity index is 1.66. The van der Waals surface area contributed by atoms with Gasteiger partial charge in [0.1, 0.15) is 0 Å². The van der Waals surface area contributed by atoms with Crippen LogP contribution in [0.3, 0.4) is 0 Å². The van der Waals surface area contributed by atoms with Crippen LogP contribution in [0.25, 0.3) is 0 Å². The van der Waals surface area contributed by atoms with Crippen molar-refractivity contribution in [2.45, 2.75) is 57.2 Å². The molecule has 0 amide bonds. The molecule has 2 aliphatic heterocycles. The highest BCUT2D eigenvalue weighted by Gasteiger charge is 2.39. The van der Waals surface area contributed by atoms with Gasteiger partial charge < -0.3 is 5.32 Å². The van der Waals surface area contributed by atoms with Gasteiger partial charge in [-0.15, -0.1) is 0 Å². The second kappa shape index (κ2) is 5.50. The van der Waals surface area contributed by atoms with Gasteiger partial charge >= 0.3 is 0 Å². The van der Waals surface area contributed by atoms with Crippen molar-refractivity contribution in [1.82, 2.24) is 10.2 Å². The lowest BCUT2D eigenvalue weighted by Gasteiger charge is -2.43. The number of nitrogens with zero attached hydrogens (tertiary/aromatic N) is 1. The van der Waals surface area contributed by atoms with Gasteiger partial charge in [0.2, 0.25) is 0 Å². The normalized spacial score (nSPS) is 34.3. The SMILES string of the molecule is c1ccc2c(c1)CNCCC2N1CCCC2CCCC21. The van der Waals surface area contributed by atoms with Crippen LogP contribution in [0.4, 0.5) is 0 Å². The predicted octanol–water partition coefficient (Wildman–Crippen LogP) is 3.49. The molecule has 108 valence electrons. The maximum Gasteiger partial charge on any atom is 0.0366 e. The topological polar surface area (TPSA) is 15.3 Å². The Morgan fingerprint density at radius 2 is 1.90 bits per heavy atom. The maximum atomic E-state index is 3.61. The van der Waals surface area contributed by atoms with Gasteiger partial charge in [-0.2, -0.15) is 0 Å². The predicted molar refractivity (Wildman–Crippen MR) is 82.6 cm³/mol. The molecule has 3 atom stereocenters. The van der Waals surface area contributed by atoms with E-state index in [1.165, 1.54) is 50.6 Å². The fourth-order valence-electron chi connectivity index (χ4n) is 4.86. The molecule has 3 aliphatic rings. The molecule has 1 aliphatic carbocycles. The first-order valence-electron chi connectivity index (χ1n) is 8.48. The van der Waals surface area contributed by atoms with Crippen LogP contribution in [0.15, 0.2) is 24.3 Å². The molecule has 1 aromatic carbocycles. The number of nitrogens with one attached hydrogen (secondary N) is 1. The molecular formula is C18H26N2. The third-order valence-electron chi connectivity index (χ3n) is 5.76. The van der Waals surface area contributed by atoms with Crippen molar-refractivity contribution in [2.75, 3.05) is 13.1 Å². The van der Waals surface area contributed by atoms with Crippen LogP contribution in [0, 0.1) is 5.92 Å². The molecule has 2 nitrogen and oxygen atoms in total. The second-order valence-corrected chi connectivity index (χ2v) is 6.82. The van der Waals surface area contributed by atoms with E-state index in [1.807, 2.05) is 0 Å². The first-order valence-corrected chi connectivity index (χ1v) is 8.48. The van der Waals surface area contributed by atoms with Crippen molar-refractivity contribution in [3.8, 4) is 0 Å². The lowest BCUT2D eigenvalue weighted by atomic mass is 9.88. The molecule has 0 aromatic heterocycles. The molecule has 1 N–H and O–H groups in total. The quantitative estimate of drug-likeness (QED) is 0.840. The second-order valence-electron chi connectivity index (χ2n) is 6.82. The number of hydrogen-bond donors (Lipinski definition) is 1. The van der Waals surface area contributed by atoms with E-state index >= 15 is 0 Å². The molecule has 0 spiro atoms. The molecule has 1 saturated carbocycles. The van der Waals surface area contributed by atoms with Crippen molar-refractivity contribution in [3.05, 3.63) is 35.4 Å². The maximum absolute atomic E-state index is 3.61. The minimum absolute atomic E-state index is 0.659. The molecule has 1 saturated heterocycles. The molecule has 20 heavy (non-hydrogen) atoms. The van der Waals surface area contributed by atoms with E-state index in [9.17, 15) is 0 Å². The molecular weight excluding hydrogens is 244 g/mol. The van der Waals surface area contributed by atoms with E-state index in [0.29, 0.717) is 6.04 Å². The molecule has 0 bridgehead atoms. The average molecular weight is 270 g/mol. The van der Waals surface area contributed by atoms with Crippen LogP contribution in [-0.4, -0.2) is 24.0 Å². The third-order valence-corrected chi connectivity index (χ3v) is 5.76. The Morgan fingerprint density at radius 3 is 2.90 bits per heavy atom. The molecule has 4 rings (SSSR count). The van der Waals surface area contributed by atoms with Gasteiger partial charge in [0.25, 0.3) is 0 Å².